The lowest BCUT2D eigenvalue weighted by molar-refractivity contribution is 0.0970. The number of carbonyl (C=O) groups excluding carboxylic acids is 1. The van der Waals surface area contributed by atoms with Crippen LogP contribution in [0.1, 0.15) is 87.6 Å². The van der Waals surface area contributed by atoms with Gasteiger partial charge in [-0.3, -0.25) is 9.79 Å². The van der Waals surface area contributed by atoms with Crippen molar-refractivity contribution in [3.8, 4) is 5.75 Å². The third kappa shape index (κ3) is 6.78. The van der Waals surface area contributed by atoms with Crippen molar-refractivity contribution < 1.29 is 9.90 Å². The van der Waals surface area contributed by atoms with E-state index in [4.69, 9.17) is 4.99 Å². The summed E-state index contributed by atoms with van der Waals surface area (Å²) in [5.74, 6) is 0.300. The molecule has 0 aliphatic heterocycles. The standard InChI is InChI=1S/C30H41N3O2.BrH/c1-9-15-31-28-32(18-21(2)33(28)19-22-13-11-10-12-14-22)20-26(34)23-16-24(29(3,4)5)27(35)25(17-23)30(6,7)8;/h10-14,16-18,35H,9,15,19-20H2,1-8H3;1H/b31-28+;. The number of aromatic hydroxyl groups is 1. The van der Waals surface area contributed by atoms with E-state index in [0.717, 1.165) is 28.9 Å². The van der Waals surface area contributed by atoms with Gasteiger partial charge in [0.15, 0.2) is 5.78 Å². The summed E-state index contributed by atoms with van der Waals surface area (Å²) in [6, 6.07) is 14.0. The van der Waals surface area contributed by atoms with Crippen LogP contribution in [0.25, 0.3) is 0 Å². The Hall–Kier alpha value is -2.60. The molecule has 0 aliphatic carbocycles. The third-order valence-corrected chi connectivity index (χ3v) is 6.29. The molecule has 1 aromatic heterocycles. The van der Waals surface area contributed by atoms with Gasteiger partial charge in [-0.15, -0.1) is 17.0 Å². The van der Waals surface area contributed by atoms with Crippen LogP contribution in [0, 0.1) is 6.92 Å². The minimum absolute atomic E-state index is 0. The van der Waals surface area contributed by atoms with Crippen LogP contribution in [0.5, 0.6) is 5.75 Å². The Morgan fingerprint density at radius 3 is 2.03 bits per heavy atom. The predicted molar refractivity (Wildman–Crippen MR) is 154 cm³/mol. The second kappa shape index (κ2) is 11.6. The Morgan fingerprint density at radius 1 is 0.972 bits per heavy atom. The van der Waals surface area contributed by atoms with Crippen LogP contribution in [0.3, 0.4) is 0 Å². The molecule has 1 heterocycles. The maximum absolute atomic E-state index is 13.6. The van der Waals surface area contributed by atoms with Crippen molar-refractivity contribution in [3.63, 3.8) is 0 Å². The number of ketones is 1. The van der Waals surface area contributed by atoms with Crippen molar-refractivity contribution in [2.24, 2.45) is 4.99 Å². The number of hydrogen-bond acceptors (Lipinski definition) is 3. The van der Waals surface area contributed by atoms with Gasteiger partial charge >= 0.3 is 0 Å². The first kappa shape index (κ1) is 29.6. The number of halogens is 1. The first-order chi connectivity index (χ1) is 16.3. The number of Topliss-reactive ketones (excluding diaryl/α,β-unsaturated/α-hetero) is 1. The molecule has 5 nitrogen and oxygen atoms in total. The van der Waals surface area contributed by atoms with Crippen LogP contribution in [0.15, 0.2) is 53.7 Å². The highest BCUT2D eigenvalue weighted by molar-refractivity contribution is 8.93. The van der Waals surface area contributed by atoms with Gasteiger partial charge in [0.1, 0.15) is 5.75 Å². The lowest BCUT2D eigenvalue weighted by Gasteiger charge is -2.28. The predicted octanol–water partition coefficient (Wildman–Crippen LogP) is 6.72. The van der Waals surface area contributed by atoms with Gasteiger partial charge < -0.3 is 14.2 Å². The molecule has 1 N–H and O–H groups in total. The average molecular weight is 557 g/mol. The molecule has 6 heteroatoms. The summed E-state index contributed by atoms with van der Waals surface area (Å²) in [5, 5.41) is 11.0. The van der Waals surface area contributed by atoms with E-state index in [2.05, 4.69) is 72.1 Å². The molecule has 0 saturated heterocycles. The van der Waals surface area contributed by atoms with E-state index in [1.807, 2.05) is 41.1 Å². The molecular formula is C30H42BrN3O2. The van der Waals surface area contributed by atoms with Crippen molar-refractivity contribution in [3.05, 3.63) is 82.2 Å². The number of nitrogens with zero attached hydrogens (tertiary/aromatic N) is 3. The molecule has 0 unspecified atom stereocenters. The van der Waals surface area contributed by atoms with E-state index in [0.29, 0.717) is 18.7 Å². The molecule has 0 spiro atoms. The molecule has 36 heavy (non-hydrogen) atoms. The molecule has 196 valence electrons. The Kier molecular flexibility index (Phi) is 9.58. The van der Waals surface area contributed by atoms with Crippen LogP contribution in [0.4, 0.5) is 0 Å². The Morgan fingerprint density at radius 2 is 1.53 bits per heavy atom. The van der Waals surface area contributed by atoms with E-state index < -0.39 is 0 Å². The molecule has 0 aliphatic rings. The lowest BCUT2D eigenvalue weighted by atomic mass is 9.78. The highest BCUT2D eigenvalue weighted by atomic mass is 79.9. The number of phenols is 1. The van der Waals surface area contributed by atoms with Crippen LogP contribution < -0.4 is 5.62 Å². The molecule has 0 bridgehead atoms. The maximum Gasteiger partial charge on any atom is 0.205 e. The van der Waals surface area contributed by atoms with Crippen LogP contribution in [-0.2, 0) is 23.9 Å². The average Bonchev–Trinajstić information content (AvgIpc) is 3.05. The fourth-order valence-electron chi connectivity index (χ4n) is 4.32. The van der Waals surface area contributed by atoms with Gasteiger partial charge in [-0.2, -0.15) is 0 Å². The zero-order chi connectivity index (χ0) is 26.0. The van der Waals surface area contributed by atoms with Crippen LogP contribution in [0.2, 0.25) is 0 Å². The van der Waals surface area contributed by atoms with Crippen molar-refractivity contribution in [1.82, 2.24) is 9.13 Å². The van der Waals surface area contributed by atoms with E-state index in [1.165, 1.54) is 5.56 Å². The maximum atomic E-state index is 13.6. The molecule has 2 aromatic carbocycles. The van der Waals surface area contributed by atoms with Gasteiger partial charge in [0.2, 0.25) is 5.62 Å². The summed E-state index contributed by atoms with van der Waals surface area (Å²) in [5.41, 5.74) is 4.72. The monoisotopic (exact) mass is 555 g/mol. The van der Waals surface area contributed by atoms with Gasteiger partial charge in [-0.05, 0) is 41.9 Å². The summed E-state index contributed by atoms with van der Waals surface area (Å²) in [7, 11) is 0. The van der Waals surface area contributed by atoms with Gasteiger partial charge in [0, 0.05) is 35.1 Å². The summed E-state index contributed by atoms with van der Waals surface area (Å²) in [4.78, 5) is 18.5. The van der Waals surface area contributed by atoms with E-state index in [-0.39, 0.29) is 45.9 Å². The minimum Gasteiger partial charge on any atom is -0.507 e. The number of rotatable bonds is 7. The van der Waals surface area contributed by atoms with E-state index in [1.54, 1.807) is 0 Å². The fourth-order valence-corrected chi connectivity index (χ4v) is 4.32. The zero-order valence-electron chi connectivity index (χ0n) is 23.1. The molecule has 0 saturated carbocycles. The topological polar surface area (TPSA) is 59.5 Å². The highest BCUT2D eigenvalue weighted by Gasteiger charge is 2.28. The highest BCUT2D eigenvalue weighted by Crippen LogP contribution is 2.39. The van der Waals surface area contributed by atoms with Gasteiger partial charge in [0.25, 0.3) is 0 Å². The number of hydrogen-bond donors (Lipinski definition) is 1. The summed E-state index contributed by atoms with van der Waals surface area (Å²) < 4.78 is 4.15. The molecule has 0 amide bonds. The largest absolute Gasteiger partial charge is 0.507 e. The van der Waals surface area contributed by atoms with Crippen LogP contribution >= 0.6 is 17.0 Å². The van der Waals surface area contributed by atoms with Crippen LogP contribution in [-0.4, -0.2) is 26.6 Å². The number of aryl methyl sites for hydroxylation is 1. The summed E-state index contributed by atoms with van der Waals surface area (Å²) >= 11 is 0. The Labute approximate surface area is 226 Å². The number of benzene rings is 2. The van der Waals surface area contributed by atoms with Crippen molar-refractivity contribution in [2.75, 3.05) is 6.54 Å². The number of carbonyl (C=O) groups is 1. The molecule has 3 rings (SSSR count). The van der Waals surface area contributed by atoms with E-state index in [9.17, 15) is 9.90 Å². The molecule has 0 atom stereocenters. The third-order valence-electron chi connectivity index (χ3n) is 6.29. The molecular weight excluding hydrogens is 514 g/mol. The van der Waals surface area contributed by atoms with Gasteiger partial charge in [0.05, 0.1) is 13.1 Å². The Balaban J connectivity index is 0.00000456. The zero-order valence-corrected chi connectivity index (χ0v) is 24.8. The minimum atomic E-state index is -0.287. The van der Waals surface area contributed by atoms with E-state index >= 15 is 0 Å². The smallest absolute Gasteiger partial charge is 0.205 e. The SMILES string of the molecule is Br.CCC/N=c1\n(CC(=O)c2cc(C(C)(C)C)c(O)c(C(C)(C)C)c2)cc(C)n1Cc1ccccc1. The number of aromatic nitrogens is 2. The summed E-state index contributed by atoms with van der Waals surface area (Å²) in [6.45, 7) is 18.1. The number of phenolic OH excluding ortho intramolecular Hbond substituents is 1. The molecule has 3 aromatic rings. The molecule has 0 radical (unpaired) electrons. The van der Waals surface area contributed by atoms with Gasteiger partial charge in [-0.1, -0.05) is 78.8 Å². The van der Waals surface area contributed by atoms with Crippen molar-refractivity contribution >= 4 is 22.8 Å². The second-order valence-electron chi connectivity index (χ2n) is 11.5. The number of imidazole rings is 1. The first-order valence-corrected chi connectivity index (χ1v) is 12.5. The quantitative estimate of drug-likeness (QED) is 0.329. The second-order valence-corrected chi connectivity index (χ2v) is 11.5. The van der Waals surface area contributed by atoms with Gasteiger partial charge in [-0.25, -0.2) is 0 Å². The molecule has 0 fully saturated rings. The fraction of sp³-hybridized carbons (Fsp3) is 0.467. The van der Waals surface area contributed by atoms with Crippen molar-refractivity contribution in [2.45, 2.75) is 85.7 Å². The lowest BCUT2D eigenvalue weighted by Crippen LogP contribution is -2.30. The van der Waals surface area contributed by atoms with Crippen molar-refractivity contribution in [1.29, 1.82) is 0 Å². The first-order valence-electron chi connectivity index (χ1n) is 12.5. The normalized spacial score (nSPS) is 12.5. The Bertz CT molecular complexity index is 1220. The summed E-state index contributed by atoms with van der Waals surface area (Å²) in [6.07, 6.45) is 2.95.